The average Bonchev–Trinajstić information content (AvgIpc) is 3.19. The Balaban J connectivity index is 1.91. The van der Waals surface area contributed by atoms with E-state index in [9.17, 15) is 18.3 Å². The highest BCUT2D eigenvalue weighted by atomic mass is 35.5. The molecular weight excluding hydrogens is 438 g/mol. The Morgan fingerprint density at radius 2 is 1.90 bits per heavy atom. The first-order valence-corrected chi connectivity index (χ1v) is 12.0. The van der Waals surface area contributed by atoms with Crippen LogP contribution in [0.5, 0.6) is 0 Å². The monoisotopic (exact) mass is 463 g/mol. The number of hydrogen-bond acceptors (Lipinski definition) is 5. The normalized spacial score (nSPS) is 12.3. The first-order chi connectivity index (χ1) is 14.6. The first-order valence-electron chi connectivity index (χ1n) is 9.95. The minimum absolute atomic E-state index is 0.0674. The van der Waals surface area contributed by atoms with Gasteiger partial charge in [-0.3, -0.25) is 4.79 Å². The molecule has 0 aliphatic heterocycles. The number of aliphatic hydroxyl groups excluding tert-OH is 1. The third kappa shape index (κ3) is 5.26. The summed E-state index contributed by atoms with van der Waals surface area (Å²) in [5.74, 6) is -0.183. The smallest absolute Gasteiger partial charge is 0.250 e. The van der Waals surface area contributed by atoms with Crippen LogP contribution in [0.1, 0.15) is 27.2 Å². The van der Waals surface area contributed by atoms with Gasteiger partial charge < -0.3 is 9.67 Å². The van der Waals surface area contributed by atoms with Crippen molar-refractivity contribution in [3.8, 4) is 16.8 Å². The summed E-state index contributed by atoms with van der Waals surface area (Å²) < 4.78 is 28.7. The zero-order valence-electron chi connectivity index (χ0n) is 17.7. The lowest BCUT2D eigenvalue weighted by Crippen LogP contribution is -2.27. The molecule has 2 aromatic heterocycles. The molecule has 9 heteroatoms. The van der Waals surface area contributed by atoms with Crippen molar-refractivity contribution in [2.45, 2.75) is 38.6 Å². The Labute approximate surface area is 186 Å². The molecule has 3 aromatic rings. The van der Waals surface area contributed by atoms with Crippen LogP contribution in [0.15, 0.2) is 58.6 Å². The minimum atomic E-state index is -3.60. The van der Waals surface area contributed by atoms with Crippen molar-refractivity contribution in [1.82, 2.24) is 14.3 Å². The van der Waals surface area contributed by atoms with E-state index in [0.29, 0.717) is 17.1 Å². The molecular formula is C22H26ClN3O4S. The number of aromatic nitrogens is 3. The molecule has 3 rings (SSSR count). The van der Waals surface area contributed by atoms with E-state index < -0.39 is 15.3 Å². The molecule has 0 unspecified atom stereocenters. The Hall–Kier alpha value is -2.42. The fraction of sp³-hybridized carbons (Fsp3) is 0.364. The first kappa shape index (κ1) is 23.2. The summed E-state index contributed by atoms with van der Waals surface area (Å²) in [6.45, 7) is 5.78. The lowest BCUT2D eigenvalue weighted by Gasteiger charge is -2.21. The van der Waals surface area contributed by atoms with Gasteiger partial charge in [0, 0.05) is 53.2 Å². The van der Waals surface area contributed by atoms with E-state index in [1.807, 2.05) is 6.92 Å². The van der Waals surface area contributed by atoms with Gasteiger partial charge in [-0.2, -0.15) is 5.10 Å². The summed E-state index contributed by atoms with van der Waals surface area (Å²) in [7, 11) is -3.60. The lowest BCUT2D eigenvalue weighted by atomic mass is 9.98. The van der Waals surface area contributed by atoms with Crippen molar-refractivity contribution >= 4 is 21.4 Å². The molecule has 0 atom stereocenters. The van der Waals surface area contributed by atoms with Crippen LogP contribution in [-0.2, 0) is 16.4 Å². The third-order valence-electron chi connectivity index (χ3n) is 4.90. The Kier molecular flexibility index (Phi) is 6.73. The van der Waals surface area contributed by atoms with Crippen molar-refractivity contribution in [1.29, 1.82) is 0 Å². The maximum Gasteiger partial charge on any atom is 0.250 e. The van der Waals surface area contributed by atoms with Gasteiger partial charge in [0.15, 0.2) is 9.84 Å². The van der Waals surface area contributed by atoms with Gasteiger partial charge in [0.25, 0.3) is 5.56 Å². The highest BCUT2D eigenvalue weighted by molar-refractivity contribution is 7.91. The predicted molar refractivity (Wildman–Crippen MR) is 121 cm³/mol. The predicted octanol–water partition coefficient (Wildman–Crippen LogP) is 3.56. The zero-order valence-corrected chi connectivity index (χ0v) is 19.3. The summed E-state index contributed by atoms with van der Waals surface area (Å²) in [5, 5.41) is 14.0. The van der Waals surface area contributed by atoms with Crippen molar-refractivity contribution in [2.75, 3.05) is 12.4 Å². The van der Waals surface area contributed by atoms with Gasteiger partial charge >= 0.3 is 0 Å². The van der Waals surface area contributed by atoms with E-state index in [4.69, 9.17) is 11.6 Å². The number of hydrogen-bond donors (Lipinski definition) is 1. The van der Waals surface area contributed by atoms with Gasteiger partial charge in [0.05, 0.1) is 22.5 Å². The molecule has 0 fully saturated rings. The second-order valence-corrected chi connectivity index (χ2v) is 10.7. The van der Waals surface area contributed by atoms with E-state index in [0.717, 1.165) is 17.7 Å². The summed E-state index contributed by atoms with van der Waals surface area (Å²) in [6, 6.07) is 7.81. The minimum Gasteiger partial charge on any atom is -0.396 e. The quantitative estimate of drug-likeness (QED) is 0.551. The summed E-state index contributed by atoms with van der Waals surface area (Å²) in [4.78, 5) is 12.0. The molecule has 1 N–H and O–H groups in total. The summed E-state index contributed by atoms with van der Waals surface area (Å²) in [6.07, 6.45) is 6.01. The van der Waals surface area contributed by atoms with Crippen LogP contribution in [0.4, 0.5) is 0 Å². The molecule has 0 amide bonds. The Morgan fingerprint density at radius 1 is 1.16 bits per heavy atom. The zero-order chi connectivity index (χ0) is 22.8. The van der Waals surface area contributed by atoms with E-state index >= 15 is 0 Å². The van der Waals surface area contributed by atoms with Crippen LogP contribution < -0.4 is 5.56 Å². The SMILES string of the molecule is CCCn1cc(-n2cc(-c3ccc(S(=O)(=O)CC(C)(C)CO)cc3Cl)cn2)ccc1=O. The van der Waals surface area contributed by atoms with Crippen molar-refractivity contribution in [2.24, 2.45) is 5.41 Å². The number of aliphatic hydroxyl groups is 1. The average molecular weight is 464 g/mol. The van der Waals surface area contributed by atoms with Crippen molar-refractivity contribution in [3.63, 3.8) is 0 Å². The molecule has 0 saturated carbocycles. The molecule has 1 aromatic carbocycles. The van der Waals surface area contributed by atoms with E-state index in [1.165, 1.54) is 18.2 Å². The Bertz CT molecular complexity index is 1250. The van der Waals surface area contributed by atoms with Gasteiger partial charge in [0.1, 0.15) is 0 Å². The van der Waals surface area contributed by atoms with E-state index in [1.54, 1.807) is 53.8 Å². The second-order valence-electron chi connectivity index (χ2n) is 8.32. The highest BCUT2D eigenvalue weighted by Crippen LogP contribution is 2.32. The van der Waals surface area contributed by atoms with Crippen LogP contribution >= 0.6 is 11.6 Å². The molecule has 0 aliphatic rings. The maximum atomic E-state index is 12.7. The molecule has 0 spiro atoms. The van der Waals surface area contributed by atoms with Crippen LogP contribution in [0.2, 0.25) is 5.02 Å². The largest absolute Gasteiger partial charge is 0.396 e. The molecule has 0 aliphatic carbocycles. The van der Waals surface area contributed by atoms with Crippen LogP contribution in [0, 0.1) is 5.41 Å². The van der Waals surface area contributed by atoms with Crippen LogP contribution in [0.3, 0.4) is 0 Å². The molecule has 0 bridgehead atoms. The number of sulfone groups is 1. The van der Waals surface area contributed by atoms with Gasteiger partial charge in [-0.25, -0.2) is 13.1 Å². The number of benzene rings is 1. The molecule has 31 heavy (non-hydrogen) atoms. The lowest BCUT2D eigenvalue weighted by molar-refractivity contribution is 0.179. The fourth-order valence-corrected chi connectivity index (χ4v) is 5.45. The van der Waals surface area contributed by atoms with Crippen molar-refractivity contribution in [3.05, 3.63) is 64.3 Å². The summed E-state index contributed by atoms with van der Waals surface area (Å²) >= 11 is 6.42. The van der Waals surface area contributed by atoms with Gasteiger partial charge in [-0.1, -0.05) is 38.4 Å². The van der Waals surface area contributed by atoms with Crippen molar-refractivity contribution < 1.29 is 13.5 Å². The number of pyridine rings is 1. The fourth-order valence-electron chi connectivity index (χ4n) is 3.24. The van der Waals surface area contributed by atoms with Crippen LogP contribution in [-0.4, -0.2) is 40.2 Å². The second kappa shape index (κ2) is 8.98. The van der Waals surface area contributed by atoms with Gasteiger partial charge in [-0.15, -0.1) is 0 Å². The molecule has 166 valence electrons. The Morgan fingerprint density at radius 3 is 2.55 bits per heavy atom. The topological polar surface area (TPSA) is 94.2 Å². The number of aryl methyl sites for hydroxylation is 1. The third-order valence-corrected chi connectivity index (χ3v) is 7.35. The number of nitrogens with zero attached hydrogens (tertiary/aromatic N) is 3. The van der Waals surface area contributed by atoms with E-state index in [2.05, 4.69) is 5.10 Å². The molecule has 0 radical (unpaired) electrons. The maximum absolute atomic E-state index is 12.7. The summed E-state index contributed by atoms with van der Waals surface area (Å²) in [5.41, 5.74) is 1.29. The molecule has 7 nitrogen and oxygen atoms in total. The van der Waals surface area contributed by atoms with Gasteiger partial charge in [-0.05, 0) is 24.6 Å². The van der Waals surface area contributed by atoms with Crippen LogP contribution in [0.25, 0.3) is 16.8 Å². The molecule has 2 heterocycles. The highest BCUT2D eigenvalue weighted by Gasteiger charge is 2.27. The standard InChI is InChI=1S/C22H26ClN3O4S/c1-4-9-25-13-17(5-8-21(25)28)26-12-16(11-24-26)19-7-6-18(10-20(19)23)31(29,30)15-22(2,3)14-27/h5-8,10-13,27H,4,9,14-15H2,1-3H3. The number of halogens is 1. The van der Waals surface area contributed by atoms with E-state index in [-0.39, 0.29) is 22.8 Å². The number of rotatable bonds is 8. The molecule has 0 saturated heterocycles. The van der Waals surface area contributed by atoms with Gasteiger partial charge in [0.2, 0.25) is 0 Å².